The highest BCUT2D eigenvalue weighted by Gasteiger charge is 2.19. The van der Waals surface area contributed by atoms with Crippen LogP contribution in [-0.2, 0) is 24.7 Å². The van der Waals surface area contributed by atoms with E-state index in [2.05, 4.69) is 11.2 Å². The molecule has 1 unspecified atom stereocenters. The maximum absolute atomic E-state index is 12.5. The number of hydrogen-bond donors (Lipinski definition) is 0. The highest BCUT2D eigenvalue weighted by Crippen LogP contribution is 2.16. The van der Waals surface area contributed by atoms with Crippen molar-refractivity contribution in [1.29, 1.82) is 0 Å². The summed E-state index contributed by atoms with van der Waals surface area (Å²) in [5.74, 6) is 3.44. The molecule has 0 aliphatic heterocycles. The zero-order chi connectivity index (χ0) is 16.0. The zero-order valence-corrected chi connectivity index (χ0v) is 13.4. The van der Waals surface area contributed by atoms with E-state index in [0.29, 0.717) is 11.5 Å². The summed E-state index contributed by atoms with van der Waals surface area (Å²) < 4.78 is 17.5. The highest BCUT2D eigenvalue weighted by atomic mass is 32.2. The van der Waals surface area contributed by atoms with Gasteiger partial charge < -0.3 is 4.74 Å². The smallest absolute Gasteiger partial charge is 0.308 e. The second-order valence-corrected chi connectivity index (χ2v) is 7.48. The van der Waals surface area contributed by atoms with Crippen LogP contribution in [0.5, 0.6) is 5.75 Å². The first kappa shape index (κ1) is 16.0. The van der Waals surface area contributed by atoms with Crippen molar-refractivity contribution in [3.05, 3.63) is 65.7 Å². The highest BCUT2D eigenvalue weighted by molar-refractivity contribution is 8.05. The molecule has 0 aliphatic rings. The van der Waals surface area contributed by atoms with E-state index in [1.807, 2.05) is 30.3 Å². The molecule has 2 aromatic rings. The lowest BCUT2D eigenvalue weighted by Crippen LogP contribution is -2.08. The van der Waals surface area contributed by atoms with E-state index in [4.69, 9.17) is 4.74 Å². The molecule has 0 fully saturated rings. The number of hydrogen-bond acceptors (Lipinski definition) is 3. The van der Waals surface area contributed by atoms with Gasteiger partial charge >= 0.3 is 5.97 Å². The molecule has 0 radical (unpaired) electrons. The summed E-state index contributed by atoms with van der Waals surface area (Å²) in [6.07, 6.45) is 1.66. The third-order valence-corrected chi connectivity index (χ3v) is 4.23. The summed E-state index contributed by atoms with van der Waals surface area (Å²) in [7, 11) is -2.29. The summed E-state index contributed by atoms with van der Waals surface area (Å²) in [5, 5.41) is 2.86. The molecule has 2 rings (SSSR count). The average molecular weight is 313 g/mol. The normalized spacial score (nSPS) is 12.6. The van der Waals surface area contributed by atoms with Gasteiger partial charge in [0.25, 0.3) is 0 Å². The molecule has 0 saturated heterocycles. The van der Waals surface area contributed by atoms with E-state index in [1.165, 1.54) is 6.92 Å². The van der Waals surface area contributed by atoms with Crippen molar-refractivity contribution in [2.24, 2.45) is 0 Å². The van der Waals surface area contributed by atoms with E-state index in [0.717, 1.165) is 11.1 Å². The molecule has 2 aromatic carbocycles. The molecule has 22 heavy (non-hydrogen) atoms. The average Bonchev–Trinajstić information content (AvgIpc) is 2.48. The lowest BCUT2D eigenvalue weighted by atomic mass is 10.2. The number of benzene rings is 2. The Morgan fingerprint density at radius 2 is 1.73 bits per heavy atom. The number of carbonyl (C=O) groups excluding carboxylic acids is 1. The molecule has 0 N–H and O–H groups in total. The molecule has 1 atom stereocenters. The van der Waals surface area contributed by atoms with Crippen LogP contribution in [0.25, 0.3) is 0 Å². The standard InChI is InChI=1S/C18H17O3S/c1-15(19)21-18-10-8-17(9-11-18)14-22(2,20)13-12-16-6-4-3-5-7-16/h3-11H,14H2,1-2H3/q+1. The van der Waals surface area contributed by atoms with Gasteiger partial charge in [-0.2, -0.15) is 0 Å². The Kier molecular flexibility index (Phi) is 5.13. The van der Waals surface area contributed by atoms with Gasteiger partial charge in [-0.15, -0.1) is 0 Å². The Bertz CT molecular complexity index is 752. The molecule has 4 heteroatoms. The molecule has 0 bridgehead atoms. The largest absolute Gasteiger partial charge is 0.427 e. The van der Waals surface area contributed by atoms with Crippen molar-refractivity contribution < 1.29 is 13.7 Å². The lowest BCUT2D eigenvalue weighted by Gasteiger charge is -2.03. The van der Waals surface area contributed by atoms with Crippen LogP contribution in [0.3, 0.4) is 0 Å². The minimum Gasteiger partial charge on any atom is -0.427 e. The fourth-order valence-corrected chi connectivity index (χ4v) is 3.10. The van der Waals surface area contributed by atoms with Gasteiger partial charge in [0, 0.05) is 18.1 Å². The minimum absolute atomic E-state index is 0.360. The molecule has 3 nitrogen and oxygen atoms in total. The van der Waals surface area contributed by atoms with E-state index in [-0.39, 0.29) is 5.97 Å². The van der Waals surface area contributed by atoms with Crippen LogP contribution in [0.4, 0.5) is 0 Å². The monoisotopic (exact) mass is 313 g/mol. The molecule has 0 spiro atoms. The zero-order valence-electron chi connectivity index (χ0n) is 12.5. The van der Waals surface area contributed by atoms with Crippen LogP contribution in [0.2, 0.25) is 0 Å². The summed E-state index contributed by atoms with van der Waals surface area (Å²) in [5.41, 5.74) is 1.74. The molecule has 0 heterocycles. The fourth-order valence-electron chi connectivity index (χ4n) is 1.86. The van der Waals surface area contributed by atoms with Crippen molar-refractivity contribution in [2.45, 2.75) is 12.7 Å². The van der Waals surface area contributed by atoms with Crippen LogP contribution in [-0.4, -0.2) is 12.2 Å². The summed E-state index contributed by atoms with van der Waals surface area (Å²) in [6, 6.07) is 16.5. The van der Waals surface area contributed by atoms with Crippen LogP contribution in [0.15, 0.2) is 54.6 Å². The first-order valence-corrected chi connectivity index (χ1v) is 8.90. The van der Waals surface area contributed by atoms with E-state index >= 15 is 0 Å². The third kappa shape index (κ3) is 5.19. The Balaban J connectivity index is 2.07. The maximum atomic E-state index is 12.5. The second kappa shape index (κ2) is 7.06. The molecular weight excluding hydrogens is 296 g/mol. The second-order valence-electron chi connectivity index (χ2n) is 4.98. The van der Waals surface area contributed by atoms with Crippen LogP contribution in [0, 0.1) is 11.2 Å². The van der Waals surface area contributed by atoms with Crippen molar-refractivity contribution in [1.82, 2.24) is 0 Å². The first-order valence-electron chi connectivity index (χ1n) is 6.77. The summed E-state index contributed by atoms with van der Waals surface area (Å²) in [4.78, 5) is 10.9. The SMILES string of the molecule is CC(=O)Oc1ccc(C[S+](C)(=O)C#Cc2ccccc2)cc1. The van der Waals surface area contributed by atoms with E-state index < -0.39 is 9.93 Å². The van der Waals surface area contributed by atoms with Gasteiger partial charge in [-0.3, -0.25) is 4.79 Å². The molecule has 112 valence electrons. The van der Waals surface area contributed by atoms with Gasteiger partial charge in [0.05, 0.1) is 0 Å². The van der Waals surface area contributed by atoms with E-state index in [1.54, 1.807) is 30.5 Å². The van der Waals surface area contributed by atoms with Gasteiger partial charge in [-0.25, -0.2) is 0 Å². The minimum atomic E-state index is -2.29. The molecule has 0 amide bonds. The van der Waals surface area contributed by atoms with Gasteiger partial charge in [0.15, 0.2) is 15.2 Å². The summed E-state index contributed by atoms with van der Waals surface area (Å²) >= 11 is 0. The Morgan fingerprint density at radius 3 is 2.32 bits per heavy atom. The van der Waals surface area contributed by atoms with E-state index in [9.17, 15) is 9.00 Å². The third-order valence-electron chi connectivity index (χ3n) is 2.81. The summed E-state index contributed by atoms with van der Waals surface area (Å²) in [6.45, 7) is 1.35. The van der Waals surface area contributed by atoms with Crippen molar-refractivity contribution in [3.8, 4) is 16.9 Å². The Labute approximate surface area is 131 Å². The van der Waals surface area contributed by atoms with Crippen molar-refractivity contribution >= 4 is 15.9 Å². The Hall–Kier alpha value is -2.38. The predicted octanol–water partition coefficient (Wildman–Crippen LogP) is 3.25. The van der Waals surface area contributed by atoms with Crippen LogP contribution >= 0.6 is 0 Å². The molecule has 0 saturated carbocycles. The quantitative estimate of drug-likeness (QED) is 0.378. The van der Waals surface area contributed by atoms with Crippen molar-refractivity contribution in [3.63, 3.8) is 0 Å². The Morgan fingerprint density at radius 1 is 1.09 bits per heavy atom. The molecule has 0 aromatic heterocycles. The van der Waals surface area contributed by atoms with Gasteiger partial charge in [0.1, 0.15) is 17.8 Å². The molecular formula is C18H17O3S+. The number of ether oxygens (including phenoxy) is 1. The van der Waals surface area contributed by atoms with Crippen LogP contribution < -0.4 is 4.74 Å². The van der Waals surface area contributed by atoms with Crippen molar-refractivity contribution in [2.75, 3.05) is 6.26 Å². The van der Waals surface area contributed by atoms with Gasteiger partial charge in [-0.1, -0.05) is 34.5 Å². The van der Waals surface area contributed by atoms with Crippen LogP contribution in [0.1, 0.15) is 18.1 Å². The maximum Gasteiger partial charge on any atom is 0.308 e. The molecule has 0 aliphatic carbocycles. The number of rotatable bonds is 3. The van der Waals surface area contributed by atoms with Gasteiger partial charge in [0.2, 0.25) is 0 Å². The lowest BCUT2D eigenvalue weighted by molar-refractivity contribution is -0.131. The number of esters is 1. The topological polar surface area (TPSA) is 43.4 Å². The van der Waals surface area contributed by atoms with Gasteiger partial charge in [-0.05, 0) is 30.2 Å². The number of carbonyl (C=O) groups is 1. The first-order chi connectivity index (χ1) is 10.4. The predicted molar refractivity (Wildman–Crippen MR) is 88.8 cm³/mol. The fraction of sp³-hybridized carbons (Fsp3) is 0.167.